The lowest BCUT2D eigenvalue weighted by Crippen LogP contribution is -2.06. The van der Waals surface area contributed by atoms with Crippen molar-refractivity contribution in [2.45, 2.75) is 10.6 Å². The van der Waals surface area contributed by atoms with E-state index in [-0.39, 0.29) is 10.6 Å². The Morgan fingerprint density at radius 3 is 2.69 bits per heavy atom. The lowest BCUT2D eigenvalue weighted by atomic mass is 10.1. The van der Waals surface area contributed by atoms with Crippen molar-refractivity contribution in [3.8, 4) is 10.6 Å². The Morgan fingerprint density at radius 1 is 0.931 bits per heavy atom. The van der Waals surface area contributed by atoms with Crippen LogP contribution in [-0.4, -0.2) is 23.4 Å². The summed E-state index contributed by atoms with van der Waals surface area (Å²) in [6.07, 6.45) is 5.12. The number of thiazole rings is 1. The largest absolute Gasteiger partial charge is 0.263 e. The van der Waals surface area contributed by atoms with E-state index < -0.39 is 9.84 Å². The molecule has 29 heavy (non-hydrogen) atoms. The van der Waals surface area contributed by atoms with Crippen molar-refractivity contribution in [2.75, 3.05) is 0 Å². The molecular weight excluding hydrogens is 402 g/mol. The van der Waals surface area contributed by atoms with Crippen LogP contribution in [0.4, 0.5) is 0 Å². The second kappa shape index (κ2) is 7.02. The van der Waals surface area contributed by atoms with E-state index in [0.29, 0.717) is 11.1 Å². The molecule has 3 aromatic heterocycles. The maximum atomic E-state index is 13.1. The predicted octanol–water partition coefficient (Wildman–Crippen LogP) is 4.88. The average Bonchev–Trinajstić information content (AvgIpc) is 3.17. The Balaban J connectivity index is 1.52. The van der Waals surface area contributed by atoms with E-state index in [1.54, 1.807) is 48.1 Å². The van der Waals surface area contributed by atoms with Gasteiger partial charge in [0.25, 0.3) is 0 Å². The normalized spacial score (nSPS) is 11.9. The highest BCUT2D eigenvalue weighted by Crippen LogP contribution is 2.31. The Labute approximate surface area is 171 Å². The first kappa shape index (κ1) is 17.9. The zero-order valence-corrected chi connectivity index (χ0v) is 16.8. The molecule has 142 valence electrons. The standard InChI is InChI=1S/C22H15N3O2S2/c26-29(27,20-8-2-5-16-7-3-10-24-21(16)20)14-15-4-1-6-17(12-15)22-25-18-9-11-23-13-19(18)28-22/h1-13H,14H2. The van der Waals surface area contributed by atoms with Crippen LogP contribution in [0.2, 0.25) is 0 Å². The van der Waals surface area contributed by atoms with Gasteiger partial charge in [-0.05, 0) is 29.8 Å². The Morgan fingerprint density at radius 2 is 1.79 bits per heavy atom. The van der Waals surface area contributed by atoms with Gasteiger partial charge in [-0.1, -0.05) is 36.4 Å². The fourth-order valence-corrected chi connectivity index (χ4v) is 5.78. The zero-order chi connectivity index (χ0) is 19.8. The van der Waals surface area contributed by atoms with E-state index >= 15 is 0 Å². The highest BCUT2D eigenvalue weighted by molar-refractivity contribution is 7.90. The number of pyridine rings is 2. The summed E-state index contributed by atoms with van der Waals surface area (Å²) in [5.74, 6) is -0.0943. The summed E-state index contributed by atoms with van der Waals surface area (Å²) in [7, 11) is -3.55. The minimum Gasteiger partial charge on any atom is -0.263 e. The van der Waals surface area contributed by atoms with Gasteiger partial charge in [-0.25, -0.2) is 13.4 Å². The first-order valence-electron chi connectivity index (χ1n) is 8.96. The molecule has 0 N–H and O–H groups in total. The number of sulfone groups is 1. The van der Waals surface area contributed by atoms with E-state index in [4.69, 9.17) is 0 Å². The molecule has 0 fully saturated rings. The number of hydrogen-bond acceptors (Lipinski definition) is 6. The smallest absolute Gasteiger partial charge is 0.184 e. The van der Waals surface area contributed by atoms with E-state index in [0.717, 1.165) is 26.2 Å². The molecule has 0 saturated carbocycles. The van der Waals surface area contributed by atoms with Crippen LogP contribution in [0.15, 0.2) is 84.1 Å². The van der Waals surface area contributed by atoms with Crippen molar-refractivity contribution < 1.29 is 8.42 Å². The lowest BCUT2D eigenvalue weighted by Gasteiger charge is -2.08. The van der Waals surface area contributed by atoms with Crippen molar-refractivity contribution in [1.29, 1.82) is 0 Å². The molecule has 0 aliphatic rings. The summed E-state index contributed by atoms with van der Waals surface area (Å²) >= 11 is 1.54. The van der Waals surface area contributed by atoms with Gasteiger partial charge in [0.05, 0.1) is 26.4 Å². The Hall–Kier alpha value is -3.16. The molecule has 0 saturated heterocycles. The summed E-state index contributed by atoms with van der Waals surface area (Å²) < 4.78 is 27.3. The van der Waals surface area contributed by atoms with E-state index in [2.05, 4.69) is 15.0 Å². The van der Waals surface area contributed by atoms with Crippen LogP contribution in [-0.2, 0) is 15.6 Å². The molecule has 0 aliphatic carbocycles. The number of fused-ring (bicyclic) bond motifs is 2. The fourth-order valence-electron chi connectivity index (χ4n) is 3.32. The third-order valence-electron chi connectivity index (χ3n) is 4.65. The molecule has 0 unspecified atom stereocenters. The molecule has 0 bridgehead atoms. The molecule has 5 rings (SSSR count). The molecule has 5 aromatic rings. The van der Waals surface area contributed by atoms with Crippen molar-refractivity contribution in [3.05, 3.63) is 84.8 Å². The first-order valence-corrected chi connectivity index (χ1v) is 11.4. The van der Waals surface area contributed by atoms with Gasteiger partial charge >= 0.3 is 0 Å². The molecule has 0 spiro atoms. The Bertz CT molecular complexity index is 1420. The van der Waals surface area contributed by atoms with Crippen LogP contribution in [0, 0.1) is 0 Å². The highest BCUT2D eigenvalue weighted by atomic mass is 32.2. The summed E-state index contributed by atoms with van der Waals surface area (Å²) in [4.78, 5) is 13.3. The second-order valence-corrected chi connectivity index (χ2v) is 9.64. The maximum Gasteiger partial charge on any atom is 0.184 e. The minimum absolute atomic E-state index is 0.0943. The van der Waals surface area contributed by atoms with Crippen LogP contribution >= 0.6 is 11.3 Å². The topological polar surface area (TPSA) is 72.8 Å². The lowest BCUT2D eigenvalue weighted by molar-refractivity contribution is 0.596. The van der Waals surface area contributed by atoms with Crippen LogP contribution in [0.5, 0.6) is 0 Å². The minimum atomic E-state index is -3.55. The number of aromatic nitrogens is 3. The third-order valence-corrected chi connectivity index (χ3v) is 7.42. The van der Waals surface area contributed by atoms with Gasteiger partial charge in [-0.2, -0.15) is 0 Å². The summed E-state index contributed by atoms with van der Waals surface area (Å²) in [5, 5.41) is 1.66. The SMILES string of the molecule is O=S(=O)(Cc1cccc(-c2nc3ccncc3s2)c1)c1cccc2cccnc12. The predicted molar refractivity (Wildman–Crippen MR) is 115 cm³/mol. The van der Waals surface area contributed by atoms with Crippen LogP contribution in [0.1, 0.15) is 5.56 Å². The first-order chi connectivity index (χ1) is 14.1. The van der Waals surface area contributed by atoms with Crippen LogP contribution in [0.3, 0.4) is 0 Å². The zero-order valence-electron chi connectivity index (χ0n) is 15.2. The number of para-hydroxylation sites is 1. The summed E-state index contributed by atoms with van der Waals surface area (Å²) in [6, 6.07) is 18.3. The highest BCUT2D eigenvalue weighted by Gasteiger charge is 2.19. The number of nitrogens with zero attached hydrogens (tertiary/aromatic N) is 3. The van der Waals surface area contributed by atoms with E-state index in [1.807, 2.05) is 42.5 Å². The molecule has 7 heteroatoms. The molecule has 0 aliphatic heterocycles. The van der Waals surface area contributed by atoms with Gasteiger partial charge in [0.2, 0.25) is 0 Å². The van der Waals surface area contributed by atoms with Crippen molar-refractivity contribution in [3.63, 3.8) is 0 Å². The van der Waals surface area contributed by atoms with Crippen LogP contribution in [0.25, 0.3) is 31.7 Å². The quantitative estimate of drug-likeness (QED) is 0.417. The van der Waals surface area contributed by atoms with Gasteiger partial charge in [0.15, 0.2) is 9.84 Å². The van der Waals surface area contributed by atoms with Crippen molar-refractivity contribution >= 4 is 42.3 Å². The van der Waals surface area contributed by atoms with Gasteiger partial charge in [-0.3, -0.25) is 9.97 Å². The van der Waals surface area contributed by atoms with Gasteiger partial charge in [0, 0.05) is 29.5 Å². The van der Waals surface area contributed by atoms with Crippen molar-refractivity contribution in [2.24, 2.45) is 0 Å². The molecule has 3 heterocycles. The summed E-state index contributed by atoms with van der Waals surface area (Å²) in [6.45, 7) is 0. The Kier molecular flexibility index (Phi) is 4.34. The van der Waals surface area contributed by atoms with Gasteiger partial charge < -0.3 is 0 Å². The molecule has 0 amide bonds. The van der Waals surface area contributed by atoms with Crippen LogP contribution < -0.4 is 0 Å². The average molecular weight is 418 g/mol. The molecule has 0 radical (unpaired) electrons. The fraction of sp³-hybridized carbons (Fsp3) is 0.0455. The van der Waals surface area contributed by atoms with E-state index in [9.17, 15) is 8.42 Å². The van der Waals surface area contributed by atoms with Crippen molar-refractivity contribution in [1.82, 2.24) is 15.0 Å². The number of benzene rings is 2. The maximum absolute atomic E-state index is 13.1. The number of hydrogen-bond donors (Lipinski definition) is 0. The molecule has 5 nitrogen and oxygen atoms in total. The molecule has 2 aromatic carbocycles. The second-order valence-electron chi connectivity index (χ2n) is 6.65. The van der Waals surface area contributed by atoms with Gasteiger partial charge in [-0.15, -0.1) is 11.3 Å². The monoisotopic (exact) mass is 417 g/mol. The molecular formula is C22H15N3O2S2. The van der Waals surface area contributed by atoms with Gasteiger partial charge in [0.1, 0.15) is 5.01 Å². The molecule has 0 atom stereocenters. The third kappa shape index (κ3) is 3.39. The number of rotatable bonds is 4. The summed E-state index contributed by atoms with van der Waals surface area (Å²) in [5.41, 5.74) is 3.01. The van der Waals surface area contributed by atoms with E-state index in [1.165, 1.54) is 0 Å².